The zero-order valence-electron chi connectivity index (χ0n) is 12.7. The third kappa shape index (κ3) is 7.89. The lowest BCUT2D eigenvalue weighted by Crippen LogP contribution is -2.21. The Morgan fingerprint density at radius 3 is 2.63 bits per heavy atom. The summed E-state index contributed by atoms with van der Waals surface area (Å²) in [4.78, 5) is 0. The Bertz CT molecular complexity index is 336. The number of unbranched alkanes of at least 4 members (excludes halogenated alkanes) is 4. The third-order valence-electron chi connectivity index (χ3n) is 3.13. The highest BCUT2D eigenvalue weighted by molar-refractivity contribution is 5.28. The Labute approximate surface area is 118 Å². The lowest BCUT2D eigenvalue weighted by atomic mass is 10.2. The molecule has 2 nitrogen and oxygen atoms in total. The monoisotopic (exact) mass is 263 g/mol. The third-order valence-corrected chi connectivity index (χ3v) is 3.13. The Kier molecular flexibility index (Phi) is 8.31. The summed E-state index contributed by atoms with van der Waals surface area (Å²) in [5.41, 5.74) is 1.29. The SMILES string of the molecule is CCCCCCCOc1cccc(CNC(C)C)c1. The quantitative estimate of drug-likeness (QED) is 0.626. The van der Waals surface area contributed by atoms with Crippen molar-refractivity contribution < 1.29 is 4.74 Å². The lowest BCUT2D eigenvalue weighted by molar-refractivity contribution is 0.304. The molecule has 0 atom stereocenters. The second kappa shape index (κ2) is 9.85. The van der Waals surface area contributed by atoms with Crippen molar-refractivity contribution in [3.8, 4) is 5.75 Å². The molecule has 2 heteroatoms. The Morgan fingerprint density at radius 2 is 1.89 bits per heavy atom. The van der Waals surface area contributed by atoms with Gasteiger partial charge in [0, 0.05) is 12.6 Å². The fourth-order valence-corrected chi connectivity index (χ4v) is 1.96. The maximum atomic E-state index is 5.81. The molecule has 1 rings (SSSR count). The smallest absolute Gasteiger partial charge is 0.119 e. The van der Waals surface area contributed by atoms with E-state index in [-0.39, 0.29) is 0 Å². The number of ether oxygens (including phenoxy) is 1. The van der Waals surface area contributed by atoms with Gasteiger partial charge in [-0.1, -0.05) is 58.6 Å². The molecule has 0 saturated carbocycles. The summed E-state index contributed by atoms with van der Waals surface area (Å²) in [6, 6.07) is 8.92. The molecule has 0 saturated heterocycles. The van der Waals surface area contributed by atoms with E-state index >= 15 is 0 Å². The van der Waals surface area contributed by atoms with E-state index in [0.29, 0.717) is 6.04 Å². The van der Waals surface area contributed by atoms with Crippen molar-refractivity contribution in [2.45, 2.75) is 65.5 Å². The van der Waals surface area contributed by atoms with E-state index in [1.807, 2.05) is 6.07 Å². The van der Waals surface area contributed by atoms with Gasteiger partial charge in [0.2, 0.25) is 0 Å². The Morgan fingerprint density at radius 1 is 1.11 bits per heavy atom. The minimum atomic E-state index is 0.517. The molecule has 0 aliphatic heterocycles. The molecule has 19 heavy (non-hydrogen) atoms. The predicted octanol–water partition coefficient (Wildman–Crippen LogP) is 4.53. The highest BCUT2D eigenvalue weighted by atomic mass is 16.5. The summed E-state index contributed by atoms with van der Waals surface area (Å²) < 4.78 is 5.81. The molecular weight excluding hydrogens is 234 g/mol. The maximum absolute atomic E-state index is 5.81. The van der Waals surface area contributed by atoms with Crippen LogP contribution in [0.5, 0.6) is 5.75 Å². The summed E-state index contributed by atoms with van der Waals surface area (Å²) in [5.74, 6) is 0.999. The van der Waals surface area contributed by atoms with Gasteiger partial charge in [-0.3, -0.25) is 0 Å². The zero-order chi connectivity index (χ0) is 13.9. The first-order chi connectivity index (χ1) is 9.22. The van der Waals surface area contributed by atoms with Crippen LogP contribution in [0.25, 0.3) is 0 Å². The second-order valence-electron chi connectivity index (χ2n) is 5.45. The lowest BCUT2D eigenvalue weighted by Gasteiger charge is -2.10. The molecular formula is C17H29NO. The van der Waals surface area contributed by atoms with Crippen LogP contribution in [0, 0.1) is 0 Å². The molecule has 0 aliphatic carbocycles. The number of nitrogens with one attached hydrogen (secondary N) is 1. The van der Waals surface area contributed by atoms with Crippen molar-refractivity contribution in [1.82, 2.24) is 5.32 Å². The summed E-state index contributed by atoms with van der Waals surface area (Å²) in [6.07, 6.45) is 6.41. The first kappa shape index (κ1) is 16.0. The van der Waals surface area contributed by atoms with Gasteiger partial charge in [0.05, 0.1) is 6.61 Å². The summed E-state index contributed by atoms with van der Waals surface area (Å²) in [6.45, 7) is 8.32. The van der Waals surface area contributed by atoms with Crippen molar-refractivity contribution in [2.75, 3.05) is 6.61 Å². The number of hydrogen-bond donors (Lipinski definition) is 1. The van der Waals surface area contributed by atoms with E-state index in [0.717, 1.165) is 25.3 Å². The Balaban J connectivity index is 2.24. The molecule has 1 N–H and O–H groups in total. The molecule has 0 amide bonds. The fourth-order valence-electron chi connectivity index (χ4n) is 1.96. The van der Waals surface area contributed by atoms with Gasteiger partial charge in [-0.15, -0.1) is 0 Å². The van der Waals surface area contributed by atoms with Gasteiger partial charge in [-0.2, -0.15) is 0 Å². The highest BCUT2D eigenvalue weighted by Gasteiger charge is 1.98. The molecule has 0 unspecified atom stereocenters. The van der Waals surface area contributed by atoms with E-state index in [1.54, 1.807) is 0 Å². The van der Waals surface area contributed by atoms with Gasteiger partial charge in [-0.25, -0.2) is 0 Å². The average Bonchev–Trinajstić information content (AvgIpc) is 2.41. The van der Waals surface area contributed by atoms with Crippen molar-refractivity contribution in [3.63, 3.8) is 0 Å². The molecule has 0 spiro atoms. The van der Waals surface area contributed by atoms with E-state index in [1.165, 1.54) is 31.2 Å². The van der Waals surface area contributed by atoms with Crippen LogP contribution in [0.15, 0.2) is 24.3 Å². The molecule has 0 heterocycles. The zero-order valence-corrected chi connectivity index (χ0v) is 12.7. The molecule has 108 valence electrons. The van der Waals surface area contributed by atoms with Gasteiger partial charge >= 0.3 is 0 Å². The van der Waals surface area contributed by atoms with Crippen molar-refractivity contribution in [1.29, 1.82) is 0 Å². The van der Waals surface area contributed by atoms with Gasteiger partial charge in [0.15, 0.2) is 0 Å². The van der Waals surface area contributed by atoms with Crippen LogP contribution < -0.4 is 10.1 Å². The van der Waals surface area contributed by atoms with E-state index in [2.05, 4.69) is 44.3 Å². The first-order valence-electron chi connectivity index (χ1n) is 7.67. The van der Waals surface area contributed by atoms with Gasteiger partial charge in [0.25, 0.3) is 0 Å². The number of rotatable bonds is 10. The number of benzene rings is 1. The molecule has 0 radical (unpaired) electrons. The van der Waals surface area contributed by atoms with Crippen LogP contribution in [-0.4, -0.2) is 12.6 Å². The van der Waals surface area contributed by atoms with Crippen molar-refractivity contribution in [3.05, 3.63) is 29.8 Å². The molecule has 1 aromatic rings. The molecule has 1 aromatic carbocycles. The molecule has 0 aromatic heterocycles. The second-order valence-corrected chi connectivity index (χ2v) is 5.45. The van der Waals surface area contributed by atoms with Gasteiger partial charge in [0.1, 0.15) is 5.75 Å². The maximum Gasteiger partial charge on any atom is 0.119 e. The van der Waals surface area contributed by atoms with Crippen molar-refractivity contribution in [2.24, 2.45) is 0 Å². The molecule has 0 fully saturated rings. The average molecular weight is 263 g/mol. The van der Waals surface area contributed by atoms with Crippen LogP contribution in [0.2, 0.25) is 0 Å². The summed E-state index contributed by atoms with van der Waals surface area (Å²) in [7, 11) is 0. The standard InChI is InChI=1S/C17H29NO/c1-4-5-6-7-8-12-19-17-11-9-10-16(13-17)14-18-15(2)3/h9-11,13,15,18H,4-8,12,14H2,1-3H3. The normalized spacial score (nSPS) is 10.9. The summed E-state index contributed by atoms with van der Waals surface area (Å²) in [5, 5.41) is 3.42. The number of hydrogen-bond acceptors (Lipinski definition) is 2. The van der Waals surface area contributed by atoms with Gasteiger partial charge in [-0.05, 0) is 24.1 Å². The van der Waals surface area contributed by atoms with E-state index in [4.69, 9.17) is 4.74 Å². The van der Waals surface area contributed by atoms with E-state index in [9.17, 15) is 0 Å². The van der Waals surface area contributed by atoms with Crippen molar-refractivity contribution >= 4 is 0 Å². The predicted molar refractivity (Wildman–Crippen MR) is 82.7 cm³/mol. The van der Waals surface area contributed by atoms with E-state index < -0.39 is 0 Å². The fraction of sp³-hybridized carbons (Fsp3) is 0.647. The van der Waals surface area contributed by atoms with Crippen LogP contribution >= 0.6 is 0 Å². The van der Waals surface area contributed by atoms with Crippen LogP contribution in [0.1, 0.15) is 58.4 Å². The van der Waals surface area contributed by atoms with Crippen LogP contribution in [-0.2, 0) is 6.54 Å². The molecule has 0 aliphatic rings. The largest absolute Gasteiger partial charge is 0.494 e. The topological polar surface area (TPSA) is 21.3 Å². The minimum Gasteiger partial charge on any atom is -0.494 e. The Hall–Kier alpha value is -1.02. The highest BCUT2D eigenvalue weighted by Crippen LogP contribution is 2.14. The van der Waals surface area contributed by atoms with Crippen LogP contribution in [0.3, 0.4) is 0 Å². The molecule has 0 bridgehead atoms. The first-order valence-corrected chi connectivity index (χ1v) is 7.67. The van der Waals surface area contributed by atoms with Gasteiger partial charge < -0.3 is 10.1 Å². The minimum absolute atomic E-state index is 0.517. The summed E-state index contributed by atoms with van der Waals surface area (Å²) >= 11 is 0. The van der Waals surface area contributed by atoms with Crippen LogP contribution in [0.4, 0.5) is 0 Å².